The average Bonchev–Trinajstić information content (AvgIpc) is 3.19. The molecule has 0 unspecified atom stereocenters. The SMILES string of the molecule is CN(C)C1(Cc2ccccc2)CCC2(CCN(C(=O)/C=C/c3ccccc3)C2)CC1. The normalized spacial score (nSPS) is 26.7. The molecule has 158 valence electrons. The minimum atomic E-state index is 0.157. The van der Waals surface area contributed by atoms with Crippen LogP contribution in [0.1, 0.15) is 43.2 Å². The van der Waals surface area contributed by atoms with Crippen LogP contribution in [0.25, 0.3) is 6.08 Å². The van der Waals surface area contributed by atoms with Crippen molar-refractivity contribution in [1.29, 1.82) is 0 Å². The minimum absolute atomic E-state index is 0.157. The van der Waals surface area contributed by atoms with Crippen LogP contribution in [-0.2, 0) is 11.2 Å². The molecule has 1 amide bonds. The van der Waals surface area contributed by atoms with Crippen LogP contribution in [0, 0.1) is 5.41 Å². The Morgan fingerprint density at radius 3 is 2.20 bits per heavy atom. The van der Waals surface area contributed by atoms with Crippen LogP contribution >= 0.6 is 0 Å². The molecule has 1 heterocycles. The van der Waals surface area contributed by atoms with Crippen molar-refractivity contribution in [2.24, 2.45) is 5.41 Å². The first-order valence-electron chi connectivity index (χ1n) is 11.2. The Bertz CT molecular complexity index is 864. The van der Waals surface area contributed by atoms with E-state index in [1.807, 2.05) is 36.4 Å². The number of hydrogen-bond acceptors (Lipinski definition) is 2. The average molecular weight is 403 g/mol. The van der Waals surface area contributed by atoms with E-state index in [4.69, 9.17) is 0 Å². The molecule has 0 bridgehead atoms. The summed E-state index contributed by atoms with van der Waals surface area (Å²) < 4.78 is 0. The molecule has 0 N–H and O–H groups in total. The number of rotatable bonds is 5. The van der Waals surface area contributed by atoms with Gasteiger partial charge in [0.1, 0.15) is 0 Å². The second-order valence-electron chi connectivity index (χ2n) is 9.53. The van der Waals surface area contributed by atoms with Gasteiger partial charge in [0.05, 0.1) is 0 Å². The number of amides is 1. The van der Waals surface area contributed by atoms with Crippen LogP contribution in [-0.4, -0.2) is 48.4 Å². The second kappa shape index (κ2) is 8.77. The Morgan fingerprint density at radius 2 is 1.57 bits per heavy atom. The predicted octanol–water partition coefficient (Wildman–Crippen LogP) is 5.04. The van der Waals surface area contributed by atoms with Crippen molar-refractivity contribution in [1.82, 2.24) is 9.80 Å². The fourth-order valence-electron chi connectivity index (χ4n) is 5.37. The summed E-state index contributed by atoms with van der Waals surface area (Å²) >= 11 is 0. The van der Waals surface area contributed by atoms with Gasteiger partial charge in [-0.05, 0) is 75.2 Å². The number of carbonyl (C=O) groups is 1. The third-order valence-corrected chi connectivity index (χ3v) is 7.53. The summed E-state index contributed by atoms with van der Waals surface area (Å²) in [6, 6.07) is 21.0. The highest BCUT2D eigenvalue weighted by atomic mass is 16.2. The lowest BCUT2D eigenvalue weighted by Crippen LogP contribution is -2.51. The molecular weight excluding hydrogens is 368 g/mol. The van der Waals surface area contributed by atoms with Crippen molar-refractivity contribution in [2.75, 3.05) is 27.2 Å². The van der Waals surface area contributed by atoms with E-state index in [0.29, 0.717) is 5.41 Å². The van der Waals surface area contributed by atoms with Crippen molar-refractivity contribution in [3.05, 3.63) is 77.9 Å². The molecule has 0 aromatic heterocycles. The molecule has 1 saturated carbocycles. The quantitative estimate of drug-likeness (QED) is 0.655. The Balaban J connectivity index is 1.38. The highest BCUT2D eigenvalue weighted by Gasteiger charge is 2.47. The summed E-state index contributed by atoms with van der Waals surface area (Å²) in [5.41, 5.74) is 3.05. The van der Waals surface area contributed by atoms with E-state index in [0.717, 1.165) is 31.5 Å². The fourth-order valence-corrected chi connectivity index (χ4v) is 5.37. The number of hydrogen-bond donors (Lipinski definition) is 0. The van der Waals surface area contributed by atoms with E-state index in [9.17, 15) is 4.79 Å². The van der Waals surface area contributed by atoms with E-state index >= 15 is 0 Å². The molecule has 3 nitrogen and oxygen atoms in total. The Kier molecular flexibility index (Phi) is 6.10. The molecule has 1 saturated heterocycles. The molecule has 4 rings (SSSR count). The highest BCUT2D eigenvalue weighted by Crippen LogP contribution is 2.49. The first-order valence-corrected chi connectivity index (χ1v) is 11.2. The smallest absolute Gasteiger partial charge is 0.246 e. The van der Waals surface area contributed by atoms with Gasteiger partial charge >= 0.3 is 0 Å². The Labute approximate surface area is 181 Å². The van der Waals surface area contributed by atoms with Gasteiger partial charge in [0.25, 0.3) is 0 Å². The van der Waals surface area contributed by atoms with Crippen LogP contribution in [0.2, 0.25) is 0 Å². The Morgan fingerprint density at radius 1 is 0.933 bits per heavy atom. The molecule has 30 heavy (non-hydrogen) atoms. The summed E-state index contributed by atoms with van der Waals surface area (Å²) in [7, 11) is 4.47. The number of nitrogens with zero attached hydrogens (tertiary/aromatic N) is 2. The summed E-state index contributed by atoms with van der Waals surface area (Å²) in [4.78, 5) is 17.3. The molecule has 2 aromatic carbocycles. The van der Waals surface area contributed by atoms with E-state index in [2.05, 4.69) is 54.2 Å². The summed E-state index contributed by atoms with van der Waals surface area (Å²) in [5, 5.41) is 0. The standard InChI is InChI=1S/C27H34N2O/c1-28(2)27(21-24-11-7-4-8-12-24)17-15-26(16-18-27)19-20-29(22-26)25(30)14-13-23-9-5-3-6-10-23/h3-14H,15-22H2,1-2H3/b14-13+. The van der Waals surface area contributed by atoms with Crippen molar-refractivity contribution < 1.29 is 4.79 Å². The van der Waals surface area contributed by atoms with E-state index < -0.39 is 0 Å². The van der Waals surface area contributed by atoms with Gasteiger partial charge in [-0.15, -0.1) is 0 Å². The van der Waals surface area contributed by atoms with Crippen LogP contribution < -0.4 is 0 Å². The summed E-state index contributed by atoms with van der Waals surface area (Å²) in [5.74, 6) is 0.157. The lowest BCUT2D eigenvalue weighted by atomic mass is 9.65. The molecule has 0 radical (unpaired) electrons. The van der Waals surface area contributed by atoms with Crippen molar-refractivity contribution in [2.45, 2.75) is 44.1 Å². The third-order valence-electron chi connectivity index (χ3n) is 7.53. The molecule has 1 aliphatic heterocycles. The molecule has 3 heteroatoms. The first-order chi connectivity index (χ1) is 14.5. The Hall–Kier alpha value is -2.39. The third kappa shape index (κ3) is 4.52. The van der Waals surface area contributed by atoms with Gasteiger partial charge in [-0.1, -0.05) is 60.7 Å². The van der Waals surface area contributed by atoms with Crippen molar-refractivity contribution >= 4 is 12.0 Å². The molecular formula is C27H34N2O. The fraction of sp³-hybridized carbons (Fsp3) is 0.444. The largest absolute Gasteiger partial charge is 0.339 e. The number of benzene rings is 2. The van der Waals surface area contributed by atoms with Gasteiger partial charge < -0.3 is 9.80 Å². The lowest BCUT2D eigenvalue weighted by molar-refractivity contribution is -0.125. The number of carbonyl (C=O) groups excluding carboxylic acids is 1. The van der Waals surface area contributed by atoms with E-state index in [-0.39, 0.29) is 11.4 Å². The van der Waals surface area contributed by atoms with Crippen molar-refractivity contribution in [3.63, 3.8) is 0 Å². The van der Waals surface area contributed by atoms with Crippen LogP contribution in [0.15, 0.2) is 66.7 Å². The zero-order chi connectivity index (χ0) is 21.0. The lowest BCUT2D eigenvalue weighted by Gasteiger charge is -2.49. The number of likely N-dealkylation sites (N-methyl/N-ethyl adjacent to an activating group) is 1. The number of likely N-dealkylation sites (tertiary alicyclic amines) is 1. The van der Waals surface area contributed by atoms with E-state index in [1.165, 1.54) is 31.2 Å². The summed E-state index contributed by atoms with van der Waals surface area (Å²) in [6.07, 6.45) is 10.8. The zero-order valence-corrected chi connectivity index (χ0v) is 18.4. The maximum atomic E-state index is 12.8. The molecule has 1 spiro atoms. The molecule has 1 aliphatic carbocycles. The minimum Gasteiger partial charge on any atom is -0.339 e. The van der Waals surface area contributed by atoms with Gasteiger partial charge in [-0.25, -0.2) is 0 Å². The molecule has 2 fully saturated rings. The van der Waals surface area contributed by atoms with Gasteiger partial charge in [-0.3, -0.25) is 4.79 Å². The van der Waals surface area contributed by atoms with Gasteiger partial charge in [0, 0.05) is 24.7 Å². The maximum absolute atomic E-state index is 12.8. The zero-order valence-electron chi connectivity index (χ0n) is 18.4. The molecule has 2 aliphatic rings. The highest BCUT2D eigenvalue weighted by molar-refractivity contribution is 5.92. The maximum Gasteiger partial charge on any atom is 0.246 e. The van der Waals surface area contributed by atoms with Crippen LogP contribution in [0.5, 0.6) is 0 Å². The van der Waals surface area contributed by atoms with Crippen molar-refractivity contribution in [3.8, 4) is 0 Å². The topological polar surface area (TPSA) is 23.6 Å². The predicted molar refractivity (Wildman–Crippen MR) is 124 cm³/mol. The monoisotopic (exact) mass is 402 g/mol. The van der Waals surface area contributed by atoms with Gasteiger partial charge in [-0.2, -0.15) is 0 Å². The second-order valence-corrected chi connectivity index (χ2v) is 9.53. The van der Waals surface area contributed by atoms with E-state index in [1.54, 1.807) is 6.08 Å². The van der Waals surface area contributed by atoms with Gasteiger partial charge in [0.15, 0.2) is 0 Å². The summed E-state index contributed by atoms with van der Waals surface area (Å²) in [6.45, 7) is 1.81. The van der Waals surface area contributed by atoms with Crippen LogP contribution in [0.4, 0.5) is 0 Å². The van der Waals surface area contributed by atoms with Gasteiger partial charge in [0.2, 0.25) is 5.91 Å². The van der Waals surface area contributed by atoms with Crippen LogP contribution in [0.3, 0.4) is 0 Å². The molecule has 0 atom stereocenters. The molecule has 2 aromatic rings. The first kappa shape index (κ1) is 20.9.